The Bertz CT molecular complexity index is 1320. The summed E-state index contributed by atoms with van der Waals surface area (Å²) in [6.45, 7) is 0. The van der Waals surface area contributed by atoms with Gasteiger partial charge < -0.3 is 14.4 Å². The van der Waals surface area contributed by atoms with E-state index in [1.54, 1.807) is 7.11 Å². The standard InChI is InChI=1S/C31H27NO3/c1-34-27-20-18-25(19-21-27)31(30(33)35-2)28(23-12-6-3-7-13-23)22-29(24-14-8-4-9-15-24)32(31)26-16-10-5-11-17-26/h3-22,29H,1-2H3. The number of methoxy groups -OCH3 is 2. The number of carbonyl (C=O) groups is 1. The monoisotopic (exact) mass is 461 g/mol. The van der Waals surface area contributed by atoms with Crippen molar-refractivity contribution in [3.05, 3.63) is 138 Å². The molecule has 0 bridgehead atoms. The Balaban J connectivity index is 1.86. The van der Waals surface area contributed by atoms with Crippen LogP contribution in [0, 0.1) is 0 Å². The number of para-hydroxylation sites is 1. The Morgan fingerprint density at radius 3 is 1.89 bits per heavy atom. The lowest BCUT2D eigenvalue weighted by Crippen LogP contribution is -2.51. The van der Waals surface area contributed by atoms with Crippen LogP contribution in [0.4, 0.5) is 5.69 Å². The Labute approximate surface area is 206 Å². The van der Waals surface area contributed by atoms with Crippen molar-refractivity contribution in [2.24, 2.45) is 0 Å². The van der Waals surface area contributed by atoms with Gasteiger partial charge in [-0.15, -0.1) is 0 Å². The fourth-order valence-corrected chi connectivity index (χ4v) is 5.05. The Kier molecular flexibility index (Phi) is 6.11. The molecular weight excluding hydrogens is 434 g/mol. The fourth-order valence-electron chi connectivity index (χ4n) is 5.05. The fraction of sp³-hybridized carbons (Fsp3) is 0.129. The minimum atomic E-state index is -1.22. The van der Waals surface area contributed by atoms with Crippen LogP contribution in [-0.4, -0.2) is 20.2 Å². The van der Waals surface area contributed by atoms with Gasteiger partial charge in [-0.2, -0.15) is 0 Å². The van der Waals surface area contributed by atoms with Crippen molar-refractivity contribution in [2.75, 3.05) is 19.1 Å². The van der Waals surface area contributed by atoms with Gasteiger partial charge in [0.2, 0.25) is 0 Å². The molecule has 5 rings (SSSR count). The maximum atomic E-state index is 14.1. The van der Waals surface area contributed by atoms with Gasteiger partial charge in [-0.05, 0) is 46.5 Å². The van der Waals surface area contributed by atoms with Crippen molar-refractivity contribution in [1.29, 1.82) is 0 Å². The van der Waals surface area contributed by atoms with E-state index in [9.17, 15) is 4.79 Å². The zero-order valence-corrected chi connectivity index (χ0v) is 19.8. The highest BCUT2D eigenvalue weighted by Gasteiger charge is 2.56. The minimum absolute atomic E-state index is 0.199. The van der Waals surface area contributed by atoms with Crippen molar-refractivity contribution >= 4 is 17.2 Å². The molecular formula is C31H27NO3. The third kappa shape index (κ3) is 3.77. The van der Waals surface area contributed by atoms with Crippen molar-refractivity contribution in [3.8, 4) is 5.75 Å². The van der Waals surface area contributed by atoms with E-state index >= 15 is 0 Å². The lowest BCUT2D eigenvalue weighted by atomic mass is 9.79. The molecule has 4 nitrogen and oxygen atoms in total. The Morgan fingerprint density at radius 2 is 1.31 bits per heavy atom. The van der Waals surface area contributed by atoms with Gasteiger partial charge in [-0.1, -0.05) is 97.1 Å². The first-order valence-corrected chi connectivity index (χ1v) is 11.6. The van der Waals surface area contributed by atoms with Crippen LogP contribution >= 0.6 is 0 Å². The summed E-state index contributed by atoms with van der Waals surface area (Å²) < 4.78 is 11.0. The third-order valence-corrected chi connectivity index (χ3v) is 6.60. The summed E-state index contributed by atoms with van der Waals surface area (Å²) >= 11 is 0. The normalized spacial score (nSPS) is 19.2. The molecule has 0 aromatic heterocycles. The molecule has 2 unspecified atom stereocenters. The van der Waals surface area contributed by atoms with Gasteiger partial charge in [-0.25, -0.2) is 4.79 Å². The molecule has 0 fully saturated rings. The molecule has 0 N–H and O–H groups in total. The number of hydrogen-bond acceptors (Lipinski definition) is 4. The van der Waals surface area contributed by atoms with E-state index in [0.29, 0.717) is 0 Å². The number of hydrogen-bond donors (Lipinski definition) is 0. The molecule has 0 aliphatic carbocycles. The molecule has 0 saturated carbocycles. The van der Waals surface area contributed by atoms with Gasteiger partial charge in [0.05, 0.1) is 20.3 Å². The SMILES string of the molecule is COC(=O)C1(c2ccc(OC)cc2)C(c2ccccc2)=CC(c2ccccc2)N1c1ccccc1. The molecule has 1 aliphatic heterocycles. The number of benzene rings is 4. The van der Waals surface area contributed by atoms with Crippen molar-refractivity contribution < 1.29 is 14.3 Å². The highest BCUT2D eigenvalue weighted by atomic mass is 16.5. The second-order valence-electron chi connectivity index (χ2n) is 8.44. The molecule has 35 heavy (non-hydrogen) atoms. The van der Waals surface area contributed by atoms with Crippen LogP contribution in [0.1, 0.15) is 22.7 Å². The Morgan fingerprint density at radius 1 is 0.743 bits per heavy atom. The first-order chi connectivity index (χ1) is 17.2. The van der Waals surface area contributed by atoms with E-state index in [1.807, 2.05) is 103 Å². The van der Waals surface area contributed by atoms with Gasteiger partial charge in [0, 0.05) is 5.69 Å². The predicted octanol–water partition coefficient (Wildman–Crippen LogP) is 6.41. The average Bonchev–Trinajstić information content (AvgIpc) is 3.31. The summed E-state index contributed by atoms with van der Waals surface area (Å²) in [5.74, 6) is 0.378. The molecule has 1 aliphatic rings. The summed E-state index contributed by atoms with van der Waals surface area (Å²) in [5, 5.41) is 0. The van der Waals surface area contributed by atoms with Crippen LogP contribution in [0.15, 0.2) is 121 Å². The highest BCUT2D eigenvalue weighted by Crippen LogP contribution is 2.54. The molecule has 0 saturated heterocycles. The number of ether oxygens (including phenoxy) is 2. The number of anilines is 1. The molecule has 4 heteroatoms. The smallest absolute Gasteiger partial charge is 0.341 e. The highest BCUT2D eigenvalue weighted by molar-refractivity contribution is 6.05. The predicted molar refractivity (Wildman–Crippen MR) is 139 cm³/mol. The van der Waals surface area contributed by atoms with Crippen LogP contribution in [0.3, 0.4) is 0 Å². The largest absolute Gasteiger partial charge is 0.497 e. The minimum Gasteiger partial charge on any atom is -0.497 e. The summed E-state index contributed by atoms with van der Waals surface area (Å²) in [7, 11) is 3.09. The zero-order chi connectivity index (χ0) is 24.3. The van der Waals surface area contributed by atoms with Crippen LogP contribution < -0.4 is 9.64 Å². The average molecular weight is 462 g/mol. The van der Waals surface area contributed by atoms with Gasteiger partial charge in [0.25, 0.3) is 0 Å². The first kappa shape index (κ1) is 22.5. The topological polar surface area (TPSA) is 38.8 Å². The molecule has 174 valence electrons. The van der Waals surface area contributed by atoms with Crippen LogP contribution in [0.2, 0.25) is 0 Å². The molecule has 0 amide bonds. The maximum Gasteiger partial charge on any atom is 0.341 e. The van der Waals surface area contributed by atoms with Crippen molar-refractivity contribution in [2.45, 2.75) is 11.6 Å². The van der Waals surface area contributed by atoms with E-state index in [-0.39, 0.29) is 12.0 Å². The zero-order valence-electron chi connectivity index (χ0n) is 19.8. The summed E-state index contributed by atoms with van der Waals surface area (Å²) in [5.41, 5.74) is 3.45. The van der Waals surface area contributed by atoms with E-state index < -0.39 is 5.54 Å². The second kappa shape index (κ2) is 9.51. The van der Waals surface area contributed by atoms with Crippen molar-refractivity contribution in [3.63, 3.8) is 0 Å². The molecule has 4 aromatic rings. The van der Waals surface area contributed by atoms with Gasteiger partial charge in [-0.3, -0.25) is 0 Å². The quantitative estimate of drug-likeness (QED) is 0.311. The van der Waals surface area contributed by atoms with Crippen LogP contribution in [0.25, 0.3) is 5.57 Å². The third-order valence-electron chi connectivity index (χ3n) is 6.60. The summed E-state index contributed by atoms with van der Waals surface area (Å²) in [6, 6.07) is 37.9. The van der Waals surface area contributed by atoms with E-state index in [4.69, 9.17) is 9.47 Å². The van der Waals surface area contributed by atoms with Crippen molar-refractivity contribution in [1.82, 2.24) is 0 Å². The van der Waals surface area contributed by atoms with Gasteiger partial charge in [0.15, 0.2) is 5.54 Å². The molecule has 4 aromatic carbocycles. The number of rotatable bonds is 6. The number of carbonyl (C=O) groups excluding carboxylic acids is 1. The van der Waals surface area contributed by atoms with Gasteiger partial charge in [0.1, 0.15) is 5.75 Å². The maximum absolute atomic E-state index is 14.1. The summed E-state index contributed by atoms with van der Waals surface area (Å²) in [6.07, 6.45) is 2.19. The number of nitrogens with zero attached hydrogens (tertiary/aromatic N) is 1. The van der Waals surface area contributed by atoms with E-state index in [2.05, 4.69) is 23.1 Å². The summed E-state index contributed by atoms with van der Waals surface area (Å²) in [4.78, 5) is 16.3. The first-order valence-electron chi connectivity index (χ1n) is 11.6. The van der Waals surface area contributed by atoms with Crippen LogP contribution in [0.5, 0.6) is 5.75 Å². The van der Waals surface area contributed by atoms with Gasteiger partial charge >= 0.3 is 5.97 Å². The molecule has 0 radical (unpaired) electrons. The second-order valence-corrected chi connectivity index (χ2v) is 8.44. The lowest BCUT2D eigenvalue weighted by molar-refractivity contribution is -0.145. The van der Waals surface area contributed by atoms with E-state index in [0.717, 1.165) is 33.7 Å². The molecule has 1 heterocycles. The van der Waals surface area contributed by atoms with Crippen LogP contribution in [-0.2, 0) is 15.1 Å². The molecule has 0 spiro atoms. The molecule has 2 atom stereocenters. The van der Waals surface area contributed by atoms with E-state index in [1.165, 1.54) is 7.11 Å². The number of esters is 1. The lowest BCUT2D eigenvalue weighted by Gasteiger charge is -2.43. The Hall–Kier alpha value is -4.31.